The van der Waals surface area contributed by atoms with Crippen molar-refractivity contribution in [2.24, 2.45) is 16.6 Å². The van der Waals surface area contributed by atoms with Crippen molar-refractivity contribution < 1.29 is 9.53 Å². The Bertz CT molecular complexity index is 884. The molecule has 3 N–H and O–H groups in total. The van der Waals surface area contributed by atoms with Gasteiger partial charge in [0.05, 0.1) is 17.9 Å². The number of hydrogen-bond acceptors (Lipinski definition) is 5. The number of aliphatic imine (C=N–C) groups is 1. The van der Waals surface area contributed by atoms with Crippen LogP contribution in [0, 0.1) is 5.92 Å². The summed E-state index contributed by atoms with van der Waals surface area (Å²) in [5.74, 6) is 0.475. The molecule has 1 aliphatic rings. The second-order valence-electron chi connectivity index (χ2n) is 7.26. The lowest BCUT2D eigenvalue weighted by Crippen LogP contribution is -2.37. The van der Waals surface area contributed by atoms with Crippen LogP contribution >= 0.6 is 0 Å². The van der Waals surface area contributed by atoms with Crippen molar-refractivity contribution in [3.8, 4) is 0 Å². The molecule has 0 fully saturated rings. The number of carbonyl (C=O) groups is 1. The molecule has 0 bridgehead atoms. The van der Waals surface area contributed by atoms with Crippen molar-refractivity contribution in [2.75, 3.05) is 6.61 Å². The van der Waals surface area contributed by atoms with Crippen LogP contribution in [0.1, 0.15) is 43.5 Å². The van der Waals surface area contributed by atoms with Crippen LogP contribution in [0.3, 0.4) is 0 Å². The Hall–Kier alpha value is -3.08. The van der Waals surface area contributed by atoms with E-state index in [1.54, 1.807) is 6.92 Å². The molecule has 0 aromatic heterocycles. The van der Waals surface area contributed by atoms with Gasteiger partial charge in [-0.1, -0.05) is 68.4 Å². The molecule has 28 heavy (non-hydrogen) atoms. The molecule has 3 rings (SSSR count). The van der Waals surface area contributed by atoms with Crippen molar-refractivity contribution in [3.05, 3.63) is 76.9 Å². The number of guanidine groups is 1. The molecule has 0 amide bonds. The largest absolute Gasteiger partial charge is 0.463 e. The molecule has 2 aromatic rings. The second-order valence-corrected chi connectivity index (χ2v) is 7.26. The number of nitrogens with two attached hydrogens (primary N) is 1. The van der Waals surface area contributed by atoms with E-state index in [-0.39, 0.29) is 11.9 Å². The highest BCUT2D eigenvalue weighted by atomic mass is 16.5. The quantitative estimate of drug-likeness (QED) is 0.751. The zero-order valence-corrected chi connectivity index (χ0v) is 16.6. The Balaban J connectivity index is 2.07. The smallest absolute Gasteiger partial charge is 0.338 e. The number of carbonyl (C=O) groups excluding carboxylic acids is 1. The highest BCUT2D eigenvalue weighted by Gasteiger charge is 2.31. The Labute approximate surface area is 166 Å². The predicted molar refractivity (Wildman–Crippen MR) is 112 cm³/mol. The zero-order chi connectivity index (χ0) is 20.1. The summed E-state index contributed by atoms with van der Waals surface area (Å²) in [6, 6.07) is 17.4. The van der Waals surface area contributed by atoms with E-state index in [0.29, 0.717) is 23.8 Å². The summed E-state index contributed by atoms with van der Waals surface area (Å²) in [6.45, 7) is 6.48. The average Bonchev–Trinajstić information content (AvgIpc) is 2.68. The molecule has 0 radical (unpaired) electrons. The first-order valence-electron chi connectivity index (χ1n) is 9.65. The summed E-state index contributed by atoms with van der Waals surface area (Å²) in [5.41, 5.74) is 10.2. The fourth-order valence-electron chi connectivity index (χ4n) is 3.37. The maximum absolute atomic E-state index is 12.9. The summed E-state index contributed by atoms with van der Waals surface area (Å²) >= 11 is 0. The lowest BCUT2D eigenvalue weighted by atomic mass is 9.92. The van der Waals surface area contributed by atoms with E-state index in [1.807, 2.05) is 42.5 Å². The molecular weight excluding hydrogens is 350 g/mol. The van der Waals surface area contributed by atoms with Crippen molar-refractivity contribution in [1.82, 2.24) is 5.32 Å². The van der Waals surface area contributed by atoms with Crippen LogP contribution in [0.2, 0.25) is 0 Å². The van der Waals surface area contributed by atoms with E-state index >= 15 is 0 Å². The third-order valence-electron chi connectivity index (χ3n) is 4.56. The number of esters is 1. The predicted octanol–water partition coefficient (Wildman–Crippen LogP) is 3.82. The van der Waals surface area contributed by atoms with Crippen LogP contribution in [0.4, 0.5) is 0 Å². The van der Waals surface area contributed by atoms with Crippen LogP contribution in [0.5, 0.6) is 0 Å². The van der Waals surface area contributed by atoms with Crippen molar-refractivity contribution in [2.45, 2.75) is 33.2 Å². The topological polar surface area (TPSA) is 76.7 Å². The second kappa shape index (κ2) is 8.74. The maximum atomic E-state index is 12.9. The van der Waals surface area contributed by atoms with E-state index in [4.69, 9.17) is 10.5 Å². The van der Waals surface area contributed by atoms with Crippen molar-refractivity contribution >= 4 is 17.6 Å². The minimum atomic E-state index is -0.511. The zero-order valence-electron chi connectivity index (χ0n) is 16.6. The molecule has 1 atom stereocenters. The number of nitrogens with zero attached hydrogens (tertiary/aromatic N) is 1. The number of ether oxygens (including phenoxy) is 1. The van der Waals surface area contributed by atoms with Crippen molar-refractivity contribution in [1.29, 1.82) is 0 Å². The highest BCUT2D eigenvalue weighted by molar-refractivity contribution is 6.04. The van der Waals surface area contributed by atoms with Crippen LogP contribution < -0.4 is 11.1 Å². The monoisotopic (exact) mass is 377 g/mol. The fourth-order valence-corrected chi connectivity index (χ4v) is 3.37. The maximum Gasteiger partial charge on any atom is 0.338 e. The average molecular weight is 377 g/mol. The van der Waals surface area contributed by atoms with Gasteiger partial charge in [0.1, 0.15) is 6.04 Å². The summed E-state index contributed by atoms with van der Waals surface area (Å²) in [6.07, 6.45) is 1.01. The molecule has 5 nitrogen and oxygen atoms in total. The van der Waals surface area contributed by atoms with Gasteiger partial charge in [-0.3, -0.25) is 0 Å². The van der Waals surface area contributed by atoms with Gasteiger partial charge in [0.2, 0.25) is 0 Å². The molecule has 0 saturated heterocycles. The molecule has 0 aliphatic carbocycles. The van der Waals surface area contributed by atoms with Gasteiger partial charge in [0, 0.05) is 0 Å². The fraction of sp³-hybridized carbons (Fsp3) is 0.304. The van der Waals surface area contributed by atoms with Gasteiger partial charge in [-0.25, -0.2) is 9.79 Å². The molecule has 2 aromatic carbocycles. The molecular formula is C23H27N3O2. The van der Waals surface area contributed by atoms with Gasteiger partial charge in [-0.15, -0.1) is 0 Å². The standard InChI is InChI=1S/C23H27N3O2/c1-4-28-22(27)19-20(17-8-6-5-7-9-17)25-23(24)26-21(19)18-12-10-16(11-13-18)14-15(2)3/h5-13,15,21H,4,14H2,1-3H3,(H3,24,25,26). The first-order valence-corrected chi connectivity index (χ1v) is 9.65. The minimum absolute atomic E-state index is 0.281. The van der Waals surface area contributed by atoms with Crippen LogP contribution in [-0.2, 0) is 16.0 Å². The van der Waals surface area contributed by atoms with Gasteiger partial charge < -0.3 is 15.8 Å². The third-order valence-corrected chi connectivity index (χ3v) is 4.56. The highest BCUT2D eigenvalue weighted by Crippen LogP contribution is 2.34. The van der Waals surface area contributed by atoms with Crippen LogP contribution in [-0.4, -0.2) is 18.5 Å². The van der Waals surface area contributed by atoms with E-state index in [9.17, 15) is 4.79 Å². The Morgan fingerprint density at radius 1 is 1.14 bits per heavy atom. The Kier molecular flexibility index (Phi) is 6.14. The Morgan fingerprint density at radius 3 is 2.43 bits per heavy atom. The van der Waals surface area contributed by atoms with E-state index < -0.39 is 6.04 Å². The SMILES string of the molecule is CCOC(=O)C1=C(c2ccccc2)NC(N)=NC1c1ccc(CC(C)C)cc1. The van der Waals surface area contributed by atoms with E-state index in [2.05, 4.69) is 36.3 Å². The number of hydrogen-bond donors (Lipinski definition) is 2. The Morgan fingerprint density at radius 2 is 1.82 bits per heavy atom. The summed E-state index contributed by atoms with van der Waals surface area (Å²) in [7, 11) is 0. The summed E-state index contributed by atoms with van der Waals surface area (Å²) < 4.78 is 5.35. The summed E-state index contributed by atoms with van der Waals surface area (Å²) in [4.78, 5) is 17.4. The molecule has 0 spiro atoms. The van der Waals surface area contributed by atoms with Gasteiger partial charge in [-0.05, 0) is 36.0 Å². The number of rotatable bonds is 6. The van der Waals surface area contributed by atoms with Gasteiger partial charge in [-0.2, -0.15) is 0 Å². The van der Waals surface area contributed by atoms with Gasteiger partial charge >= 0.3 is 5.97 Å². The lowest BCUT2D eigenvalue weighted by Gasteiger charge is -2.26. The molecule has 1 heterocycles. The lowest BCUT2D eigenvalue weighted by molar-refractivity contribution is -0.138. The number of nitrogens with one attached hydrogen (secondary N) is 1. The molecule has 1 unspecified atom stereocenters. The van der Waals surface area contributed by atoms with Crippen LogP contribution in [0.15, 0.2) is 65.2 Å². The third kappa shape index (κ3) is 4.42. The van der Waals surface area contributed by atoms with Crippen molar-refractivity contribution in [3.63, 3.8) is 0 Å². The first-order chi connectivity index (χ1) is 13.5. The molecule has 1 aliphatic heterocycles. The first kappa shape index (κ1) is 19.7. The van der Waals surface area contributed by atoms with Crippen LogP contribution in [0.25, 0.3) is 5.70 Å². The van der Waals surface area contributed by atoms with E-state index in [0.717, 1.165) is 17.5 Å². The molecule has 0 saturated carbocycles. The normalized spacial score (nSPS) is 16.6. The van der Waals surface area contributed by atoms with E-state index in [1.165, 1.54) is 5.56 Å². The number of benzene rings is 2. The van der Waals surface area contributed by atoms with Gasteiger partial charge in [0.25, 0.3) is 0 Å². The molecule has 146 valence electrons. The molecule has 5 heteroatoms. The minimum Gasteiger partial charge on any atom is -0.463 e. The van der Waals surface area contributed by atoms with Gasteiger partial charge in [0.15, 0.2) is 5.96 Å². The summed E-state index contributed by atoms with van der Waals surface area (Å²) in [5, 5.41) is 3.07.